The van der Waals surface area contributed by atoms with E-state index in [4.69, 9.17) is 17.3 Å². The molecular weight excluding hydrogens is 388 g/mol. The minimum absolute atomic E-state index is 0.113. The number of rotatable bonds is 8. The smallest absolute Gasteiger partial charge is 0.269 e. The van der Waals surface area contributed by atoms with E-state index in [1.165, 1.54) is 0 Å². The first-order valence-electron chi connectivity index (χ1n) is 10.2. The zero-order valence-corrected chi connectivity index (χ0v) is 17.6. The summed E-state index contributed by atoms with van der Waals surface area (Å²) in [6, 6.07) is 15.4. The lowest BCUT2D eigenvalue weighted by Crippen LogP contribution is -2.45. The number of piperidine rings is 1. The van der Waals surface area contributed by atoms with Crippen molar-refractivity contribution in [2.45, 2.75) is 44.8 Å². The minimum atomic E-state index is -0.359. The van der Waals surface area contributed by atoms with Crippen molar-refractivity contribution in [2.24, 2.45) is 5.73 Å². The largest absolute Gasteiger partial charge is 0.364 e. The van der Waals surface area contributed by atoms with E-state index in [0.29, 0.717) is 6.04 Å². The number of nitrogens with zero attached hydrogens (tertiary/aromatic N) is 3. The van der Waals surface area contributed by atoms with Crippen molar-refractivity contribution < 1.29 is 4.92 Å². The lowest BCUT2D eigenvalue weighted by Gasteiger charge is -2.40. The van der Waals surface area contributed by atoms with Crippen LogP contribution in [0.3, 0.4) is 0 Å². The number of non-ortho nitro benzene ring substituents is 1. The van der Waals surface area contributed by atoms with E-state index < -0.39 is 0 Å². The fourth-order valence-electron chi connectivity index (χ4n) is 3.87. The van der Waals surface area contributed by atoms with Crippen molar-refractivity contribution in [3.8, 4) is 0 Å². The Morgan fingerprint density at radius 1 is 1.24 bits per heavy atom. The van der Waals surface area contributed by atoms with Gasteiger partial charge in [0.2, 0.25) is 0 Å². The van der Waals surface area contributed by atoms with E-state index in [1.807, 2.05) is 37.3 Å². The van der Waals surface area contributed by atoms with Crippen LogP contribution < -0.4 is 10.6 Å². The summed E-state index contributed by atoms with van der Waals surface area (Å²) < 4.78 is 0. The van der Waals surface area contributed by atoms with Gasteiger partial charge in [0.1, 0.15) is 0 Å². The highest BCUT2D eigenvalue weighted by molar-refractivity contribution is 6.30. The normalized spacial score (nSPS) is 16.5. The van der Waals surface area contributed by atoms with Gasteiger partial charge in [-0.3, -0.25) is 10.1 Å². The van der Waals surface area contributed by atoms with Crippen molar-refractivity contribution in [3.05, 3.63) is 69.2 Å². The van der Waals surface area contributed by atoms with Gasteiger partial charge in [0, 0.05) is 54.6 Å². The monoisotopic (exact) mass is 416 g/mol. The lowest BCUT2D eigenvalue weighted by atomic mass is 10.0. The van der Waals surface area contributed by atoms with Gasteiger partial charge in [-0.15, -0.1) is 0 Å². The fourth-order valence-corrected chi connectivity index (χ4v) is 4.08. The predicted octanol–water partition coefficient (Wildman–Crippen LogP) is 4.46. The molecule has 2 N–H and O–H groups in total. The molecule has 6 nitrogen and oxygen atoms in total. The summed E-state index contributed by atoms with van der Waals surface area (Å²) in [5, 5.41) is 11.7. The Balaban J connectivity index is 1.75. The molecule has 0 aliphatic carbocycles. The van der Waals surface area contributed by atoms with Crippen LogP contribution in [0, 0.1) is 10.1 Å². The SMILES string of the molecule is CC(N)CCN1CCC(N(Cc2cccc(Cl)c2)c2ccc([N+](=O)[O-])cc2)CC1. The Labute approximate surface area is 177 Å². The van der Waals surface area contributed by atoms with Gasteiger partial charge in [0.05, 0.1) is 4.92 Å². The highest BCUT2D eigenvalue weighted by atomic mass is 35.5. The van der Waals surface area contributed by atoms with Crippen LogP contribution in [0.4, 0.5) is 11.4 Å². The first kappa shape index (κ1) is 21.6. The van der Waals surface area contributed by atoms with Crippen molar-refractivity contribution >= 4 is 23.0 Å². The standard InChI is InChI=1S/C22H29ClN4O2/c1-17(24)9-12-25-13-10-21(11-14-25)26(16-18-3-2-4-19(23)15-18)20-5-7-22(8-6-20)27(28)29/h2-8,15,17,21H,9-14,16,24H2,1H3. The molecule has 0 aromatic heterocycles. The zero-order chi connectivity index (χ0) is 20.8. The Morgan fingerprint density at radius 3 is 2.52 bits per heavy atom. The van der Waals surface area contributed by atoms with Gasteiger partial charge in [-0.25, -0.2) is 0 Å². The quantitative estimate of drug-likeness (QED) is 0.508. The summed E-state index contributed by atoms with van der Waals surface area (Å²) in [4.78, 5) is 15.5. The van der Waals surface area contributed by atoms with Gasteiger partial charge < -0.3 is 15.5 Å². The molecule has 1 unspecified atom stereocenters. The van der Waals surface area contributed by atoms with Crippen LogP contribution in [-0.2, 0) is 6.54 Å². The number of nitro benzene ring substituents is 1. The maximum Gasteiger partial charge on any atom is 0.269 e. The summed E-state index contributed by atoms with van der Waals surface area (Å²) >= 11 is 6.18. The molecular formula is C22H29ClN4O2. The third kappa shape index (κ3) is 6.16. The Bertz CT molecular complexity index is 805. The van der Waals surface area contributed by atoms with Gasteiger partial charge in [0.25, 0.3) is 5.69 Å². The highest BCUT2D eigenvalue weighted by Gasteiger charge is 2.25. The molecule has 0 radical (unpaired) electrons. The summed E-state index contributed by atoms with van der Waals surface area (Å²) in [6.07, 6.45) is 3.12. The maximum absolute atomic E-state index is 11.0. The number of hydrogen-bond acceptors (Lipinski definition) is 5. The summed E-state index contributed by atoms with van der Waals surface area (Å²) in [6.45, 7) is 5.89. The van der Waals surface area contributed by atoms with E-state index in [-0.39, 0.29) is 16.7 Å². The Kier molecular flexibility index (Phi) is 7.47. The molecule has 1 saturated heterocycles. The van der Waals surface area contributed by atoms with Crippen molar-refractivity contribution in [1.82, 2.24) is 4.90 Å². The second-order valence-corrected chi connectivity index (χ2v) is 8.31. The summed E-state index contributed by atoms with van der Waals surface area (Å²) in [7, 11) is 0. The van der Waals surface area contributed by atoms with Gasteiger partial charge in [-0.05, 0) is 62.6 Å². The van der Waals surface area contributed by atoms with Crippen LogP contribution in [-0.4, -0.2) is 41.5 Å². The maximum atomic E-state index is 11.0. The lowest BCUT2D eigenvalue weighted by molar-refractivity contribution is -0.384. The van der Waals surface area contributed by atoms with Gasteiger partial charge in [-0.1, -0.05) is 23.7 Å². The molecule has 0 spiro atoms. The number of halogens is 1. The molecule has 1 heterocycles. The Morgan fingerprint density at radius 2 is 1.93 bits per heavy atom. The average Bonchev–Trinajstić information content (AvgIpc) is 2.71. The molecule has 1 aliphatic heterocycles. The Hall–Kier alpha value is -2.15. The highest BCUT2D eigenvalue weighted by Crippen LogP contribution is 2.28. The van der Waals surface area contributed by atoms with Crippen molar-refractivity contribution in [3.63, 3.8) is 0 Å². The number of likely N-dealkylation sites (tertiary alicyclic amines) is 1. The second-order valence-electron chi connectivity index (χ2n) is 7.87. The molecule has 3 rings (SSSR count). The molecule has 7 heteroatoms. The number of hydrogen-bond donors (Lipinski definition) is 1. The molecule has 29 heavy (non-hydrogen) atoms. The zero-order valence-electron chi connectivity index (χ0n) is 16.8. The summed E-state index contributed by atoms with van der Waals surface area (Å²) in [5.41, 5.74) is 8.15. The third-order valence-corrected chi connectivity index (χ3v) is 5.77. The minimum Gasteiger partial charge on any atom is -0.364 e. The van der Waals surface area contributed by atoms with Crippen LogP contribution in [0.15, 0.2) is 48.5 Å². The second kappa shape index (κ2) is 10.1. The number of nitro groups is 1. The fraction of sp³-hybridized carbons (Fsp3) is 0.455. The molecule has 0 bridgehead atoms. The van der Waals surface area contributed by atoms with Gasteiger partial charge >= 0.3 is 0 Å². The van der Waals surface area contributed by atoms with Gasteiger partial charge in [0.15, 0.2) is 0 Å². The van der Waals surface area contributed by atoms with Crippen molar-refractivity contribution in [2.75, 3.05) is 24.5 Å². The molecule has 2 aromatic rings. The van der Waals surface area contributed by atoms with Gasteiger partial charge in [-0.2, -0.15) is 0 Å². The molecule has 1 fully saturated rings. The van der Waals surface area contributed by atoms with Crippen LogP contribution in [0.25, 0.3) is 0 Å². The molecule has 156 valence electrons. The first-order valence-corrected chi connectivity index (χ1v) is 10.5. The predicted molar refractivity (Wildman–Crippen MR) is 118 cm³/mol. The van der Waals surface area contributed by atoms with Crippen LogP contribution in [0.5, 0.6) is 0 Å². The van der Waals surface area contributed by atoms with Crippen LogP contribution >= 0.6 is 11.6 Å². The molecule has 1 aliphatic rings. The van der Waals surface area contributed by atoms with E-state index >= 15 is 0 Å². The number of nitrogens with two attached hydrogens (primary N) is 1. The van der Waals surface area contributed by atoms with E-state index in [0.717, 1.165) is 61.7 Å². The first-order chi connectivity index (χ1) is 13.9. The molecule has 2 aromatic carbocycles. The molecule has 0 amide bonds. The van der Waals surface area contributed by atoms with E-state index in [1.54, 1.807) is 12.1 Å². The average molecular weight is 417 g/mol. The summed E-state index contributed by atoms with van der Waals surface area (Å²) in [5.74, 6) is 0. The van der Waals surface area contributed by atoms with Crippen molar-refractivity contribution in [1.29, 1.82) is 0 Å². The molecule has 0 saturated carbocycles. The topological polar surface area (TPSA) is 75.6 Å². The molecule has 1 atom stereocenters. The van der Waals surface area contributed by atoms with E-state index in [2.05, 4.69) is 15.9 Å². The number of benzene rings is 2. The van der Waals surface area contributed by atoms with Crippen LogP contribution in [0.1, 0.15) is 31.7 Å². The van der Waals surface area contributed by atoms with Crippen LogP contribution in [0.2, 0.25) is 5.02 Å². The van der Waals surface area contributed by atoms with E-state index in [9.17, 15) is 10.1 Å². The third-order valence-electron chi connectivity index (χ3n) is 5.53. The number of anilines is 1.